The highest BCUT2D eigenvalue weighted by atomic mass is 79.9. The summed E-state index contributed by atoms with van der Waals surface area (Å²) in [7, 11) is 0. The van der Waals surface area contributed by atoms with Gasteiger partial charge in [-0.15, -0.1) is 11.6 Å². The first-order valence-corrected chi connectivity index (χ1v) is 7.79. The zero-order valence-corrected chi connectivity index (χ0v) is 13.6. The first-order valence-electron chi connectivity index (χ1n) is 5.77. The van der Waals surface area contributed by atoms with E-state index in [-0.39, 0.29) is 5.38 Å². The highest BCUT2D eigenvalue weighted by Crippen LogP contribution is 2.40. The zero-order valence-electron chi connectivity index (χ0n) is 9.68. The Morgan fingerprint density at radius 1 is 1.24 bits per heavy atom. The van der Waals surface area contributed by atoms with E-state index in [9.17, 15) is 0 Å². The van der Waals surface area contributed by atoms with Gasteiger partial charge >= 0.3 is 0 Å². The molecule has 0 aliphatic carbocycles. The van der Waals surface area contributed by atoms with E-state index in [1.54, 1.807) is 0 Å². The molecule has 1 unspecified atom stereocenters. The van der Waals surface area contributed by atoms with Crippen molar-refractivity contribution in [3.63, 3.8) is 0 Å². The number of alkyl halides is 1. The molecule has 0 radical (unpaired) electrons. The Labute approximate surface area is 124 Å². The zero-order chi connectivity index (χ0) is 12.4. The number of hydrogen-bond donors (Lipinski definition) is 0. The molecule has 0 N–H and O–H groups in total. The quantitative estimate of drug-likeness (QED) is 0.637. The van der Waals surface area contributed by atoms with Crippen LogP contribution in [0.4, 0.5) is 0 Å². The van der Waals surface area contributed by atoms with Crippen LogP contribution in [-0.4, -0.2) is 13.2 Å². The van der Waals surface area contributed by atoms with Crippen molar-refractivity contribution in [1.29, 1.82) is 0 Å². The molecule has 1 aromatic rings. The maximum absolute atomic E-state index is 6.61. The van der Waals surface area contributed by atoms with E-state index in [1.807, 2.05) is 0 Å². The number of rotatable bonds is 2. The molecule has 94 valence electrons. The number of halogens is 3. The summed E-state index contributed by atoms with van der Waals surface area (Å²) in [6.45, 7) is 3.74. The second-order valence-corrected chi connectivity index (χ2v) is 6.65. The van der Waals surface area contributed by atoms with Crippen molar-refractivity contribution >= 4 is 43.5 Å². The Hall–Kier alpha value is 0.430. The standard InChI is InChI=1S/C13H15Br2ClO/c1-8-6-12(15)10(7-11(8)14)13(16)9-2-4-17-5-3-9/h6-7,9,13H,2-5H2,1H3. The van der Waals surface area contributed by atoms with Gasteiger partial charge in [0.15, 0.2) is 0 Å². The minimum absolute atomic E-state index is 0.0603. The molecule has 1 fully saturated rings. The van der Waals surface area contributed by atoms with Crippen molar-refractivity contribution in [2.75, 3.05) is 13.2 Å². The predicted octanol–water partition coefficient (Wildman–Crippen LogP) is 5.23. The monoisotopic (exact) mass is 380 g/mol. The minimum Gasteiger partial charge on any atom is -0.381 e. The van der Waals surface area contributed by atoms with Crippen LogP contribution in [0.3, 0.4) is 0 Å². The Kier molecular flexibility index (Phi) is 4.93. The first-order chi connectivity index (χ1) is 8.09. The summed E-state index contributed by atoms with van der Waals surface area (Å²) in [6, 6.07) is 4.25. The van der Waals surface area contributed by atoms with Crippen molar-refractivity contribution in [3.8, 4) is 0 Å². The number of ether oxygens (including phenoxy) is 1. The third-order valence-corrected chi connectivity index (χ3v) is 5.39. The molecule has 17 heavy (non-hydrogen) atoms. The summed E-state index contributed by atoms with van der Waals surface area (Å²) >= 11 is 13.8. The molecule has 4 heteroatoms. The van der Waals surface area contributed by atoms with Crippen LogP contribution in [0, 0.1) is 12.8 Å². The van der Waals surface area contributed by atoms with Crippen LogP contribution in [-0.2, 0) is 4.74 Å². The largest absolute Gasteiger partial charge is 0.381 e. The average Bonchev–Trinajstić information content (AvgIpc) is 2.34. The summed E-state index contributed by atoms with van der Waals surface area (Å²) < 4.78 is 7.60. The molecule has 1 nitrogen and oxygen atoms in total. The Balaban J connectivity index is 2.23. The Morgan fingerprint density at radius 3 is 2.53 bits per heavy atom. The van der Waals surface area contributed by atoms with E-state index in [0.717, 1.165) is 35.0 Å². The van der Waals surface area contributed by atoms with Gasteiger partial charge in [-0.1, -0.05) is 31.9 Å². The molecule has 0 bridgehead atoms. The Bertz CT molecular complexity index is 403. The third kappa shape index (κ3) is 3.25. The van der Waals surface area contributed by atoms with Gasteiger partial charge in [0.1, 0.15) is 0 Å². The van der Waals surface area contributed by atoms with Gasteiger partial charge in [0, 0.05) is 22.2 Å². The van der Waals surface area contributed by atoms with Crippen LogP contribution < -0.4 is 0 Å². The lowest BCUT2D eigenvalue weighted by Crippen LogP contribution is -2.19. The van der Waals surface area contributed by atoms with Gasteiger partial charge in [0.05, 0.1) is 5.38 Å². The maximum Gasteiger partial charge on any atom is 0.0626 e. The predicted molar refractivity (Wildman–Crippen MR) is 78.7 cm³/mol. The molecule has 0 saturated carbocycles. The second kappa shape index (κ2) is 6.05. The summed E-state index contributed by atoms with van der Waals surface area (Å²) in [4.78, 5) is 0. The van der Waals surface area contributed by atoms with Crippen LogP contribution in [0.25, 0.3) is 0 Å². The molecule has 1 saturated heterocycles. The second-order valence-electron chi connectivity index (χ2n) is 4.47. The van der Waals surface area contributed by atoms with E-state index in [2.05, 4.69) is 50.9 Å². The Morgan fingerprint density at radius 2 is 1.88 bits per heavy atom. The molecular weight excluding hydrogens is 367 g/mol. The minimum atomic E-state index is 0.0603. The van der Waals surface area contributed by atoms with Gasteiger partial charge in [-0.05, 0) is 48.9 Å². The van der Waals surface area contributed by atoms with E-state index in [1.165, 1.54) is 11.1 Å². The molecule has 0 spiro atoms. The highest BCUT2D eigenvalue weighted by Gasteiger charge is 2.25. The van der Waals surface area contributed by atoms with Crippen molar-refractivity contribution in [2.45, 2.75) is 25.1 Å². The van der Waals surface area contributed by atoms with Crippen LogP contribution in [0.1, 0.15) is 29.3 Å². The number of hydrogen-bond acceptors (Lipinski definition) is 1. The van der Waals surface area contributed by atoms with E-state index < -0.39 is 0 Å². The van der Waals surface area contributed by atoms with Crippen LogP contribution in [0.5, 0.6) is 0 Å². The molecule has 1 aliphatic heterocycles. The summed E-state index contributed by atoms with van der Waals surface area (Å²) in [5, 5.41) is 0.0603. The lowest BCUT2D eigenvalue weighted by Gasteiger charge is -2.27. The number of aryl methyl sites for hydroxylation is 1. The van der Waals surface area contributed by atoms with Gasteiger partial charge in [0.2, 0.25) is 0 Å². The molecule has 1 aromatic carbocycles. The molecule has 1 heterocycles. The first kappa shape index (κ1) is 13.9. The lowest BCUT2D eigenvalue weighted by atomic mass is 9.91. The fourth-order valence-corrected chi connectivity index (χ4v) is 3.77. The lowest BCUT2D eigenvalue weighted by molar-refractivity contribution is 0.0650. The highest BCUT2D eigenvalue weighted by molar-refractivity contribution is 9.11. The maximum atomic E-state index is 6.61. The van der Waals surface area contributed by atoms with E-state index in [0.29, 0.717) is 5.92 Å². The molecule has 1 aliphatic rings. The van der Waals surface area contributed by atoms with E-state index in [4.69, 9.17) is 16.3 Å². The summed E-state index contributed by atoms with van der Waals surface area (Å²) in [5.41, 5.74) is 2.40. The summed E-state index contributed by atoms with van der Waals surface area (Å²) in [6.07, 6.45) is 2.10. The number of benzene rings is 1. The normalized spacial score (nSPS) is 19.3. The van der Waals surface area contributed by atoms with Gasteiger partial charge in [0.25, 0.3) is 0 Å². The average molecular weight is 383 g/mol. The van der Waals surface area contributed by atoms with Crippen LogP contribution in [0.2, 0.25) is 0 Å². The molecule has 0 amide bonds. The van der Waals surface area contributed by atoms with Gasteiger partial charge in [-0.2, -0.15) is 0 Å². The van der Waals surface area contributed by atoms with Crippen molar-refractivity contribution in [3.05, 3.63) is 32.2 Å². The molecule has 0 aromatic heterocycles. The fourth-order valence-electron chi connectivity index (χ4n) is 2.14. The smallest absolute Gasteiger partial charge is 0.0626 e. The van der Waals surface area contributed by atoms with Crippen LogP contribution >= 0.6 is 43.5 Å². The van der Waals surface area contributed by atoms with E-state index >= 15 is 0 Å². The molecule has 1 atom stereocenters. The van der Waals surface area contributed by atoms with Gasteiger partial charge in [-0.3, -0.25) is 0 Å². The third-order valence-electron chi connectivity index (χ3n) is 3.25. The molecule has 2 rings (SSSR count). The fraction of sp³-hybridized carbons (Fsp3) is 0.538. The molecular formula is C13H15Br2ClO. The van der Waals surface area contributed by atoms with Gasteiger partial charge in [-0.25, -0.2) is 0 Å². The van der Waals surface area contributed by atoms with Crippen LogP contribution in [0.15, 0.2) is 21.1 Å². The SMILES string of the molecule is Cc1cc(Br)c(C(Cl)C2CCOCC2)cc1Br. The van der Waals surface area contributed by atoms with Gasteiger partial charge < -0.3 is 4.74 Å². The van der Waals surface area contributed by atoms with Crippen molar-refractivity contribution in [1.82, 2.24) is 0 Å². The summed E-state index contributed by atoms with van der Waals surface area (Å²) in [5.74, 6) is 0.510. The van der Waals surface area contributed by atoms with Crippen molar-refractivity contribution in [2.24, 2.45) is 5.92 Å². The topological polar surface area (TPSA) is 9.23 Å². The van der Waals surface area contributed by atoms with Crippen molar-refractivity contribution < 1.29 is 4.74 Å².